The SMILES string of the molecule is Cc1ccc(-n2nnnc2SC2CC(C)OC2=O)cc1. The predicted octanol–water partition coefficient (Wildman–Crippen LogP) is 1.77. The average molecular weight is 290 g/mol. The number of esters is 1. The van der Waals surface area contributed by atoms with Crippen LogP contribution in [0.2, 0.25) is 0 Å². The first-order valence-corrected chi connectivity index (χ1v) is 7.24. The largest absolute Gasteiger partial charge is 0.462 e. The summed E-state index contributed by atoms with van der Waals surface area (Å²) in [7, 11) is 0. The number of carbonyl (C=O) groups excluding carboxylic acids is 1. The molecule has 1 aromatic carbocycles. The van der Waals surface area contributed by atoms with E-state index in [-0.39, 0.29) is 17.3 Å². The minimum Gasteiger partial charge on any atom is -0.462 e. The zero-order valence-corrected chi connectivity index (χ0v) is 12.0. The number of rotatable bonds is 3. The number of thioether (sulfide) groups is 1. The van der Waals surface area contributed by atoms with Gasteiger partial charge in [-0.2, -0.15) is 4.68 Å². The standard InChI is InChI=1S/C13H14N4O2S/c1-8-3-5-10(6-4-8)17-13(14-15-16-17)20-11-7-9(2)19-12(11)18/h3-6,9,11H,7H2,1-2H3. The van der Waals surface area contributed by atoms with Crippen LogP contribution in [0, 0.1) is 6.92 Å². The Bertz CT molecular complexity index is 626. The van der Waals surface area contributed by atoms with E-state index in [1.165, 1.54) is 17.3 Å². The van der Waals surface area contributed by atoms with Gasteiger partial charge in [-0.3, -0.25) is 4.79 Å². The van der Waals surface area contributed by atoms with Crippen molar-refractivity contribution in [1.29, 1.82) is 0 Å². The predicted molar refractivity (Wildman–Crippen MR) is 73.7 cm³/mol. The van der Waals surface area contributed by atoms with Gasteiger partial charge in [0.05, 0.1) is 5.69 Å². The highest BCUT2D eigenvalue weighted by atomic mass is 32.2. The highest BCUT2D eigenvalue weighted by Crippen LogP contribution is 2.31. The van der Waals surface area contributed by atoms with Gasteiger partial charge in [0.25, 0.3) is 0 Å². The molecule has 1 aromatic heterocycles. The number of nitrogens with zero attached hydrogens (tertiary/aromatic N) is 4. The number of cyclic esters (lactones) is 1. The van der Waals surface area contributed by atoms with Crippen molar-refractivity contribution >= 4 is 17.7 Å². The van der Waals surface area contributed by atoms with E-state index >= 15 is 0 Å². The Hall–Kier alpha value is -1.89. The van der Waals surface area contributed by atoms with E-state index < -0.39 is 0 Å². The first kappa shape index (κ1) is 13.1. The van der Waals surface area contributed by atoms with Gasteiger partial charge in [0.15, 0.2) is 0 Å². The molecule has 1 saturated heterocycles. The zero-order chi connectivity index (χ0) is 14.1. The average Bonchev–Trinajstić information content (AvgIpc) is 2.98. The molecule has 2 unspecified atom stereocenters. The van der Waals surface area contributed by atoms with E-state index in [0.717, 1.165) is 5.69 Å². The molecule has 3 rings (SSSR count). The molecule has 7 heteroatoms. The Kier molecular flexibility index (Phi) is 3.43. The van der Waals surface area contributed by atoms with Crippen molar-refractivity contribution in [3.63, 3.8) is 0 Å². The molecular weight excluding hydrogens is 276 g/mol. The minimum atomic E-state index is -0.236. The molecule has 1 aliphatic heterocycles. The summed E-state index contributed by atoms with van der Waals surface area (Å²) >= 11 is 1.35. The van der Waals surface area contributed by atoms with Gasteiger partial charge in [-0.15, -0.1) is 5.10 Å². The molecule has 2 heterocycles. The molecule has 6 nitrogen and oxygen atoms in total. The second-order valence-corrected chi connectivity index (χ2v) is 5.97. The molecule has 1 aliphatic rings. The van der Waals surface area contributed by atoms with Gasteiger partial charge in [0, 0.05) is 6.42 Å². The van der Waals surface area contributed by atoms with Gasteiger partial charge in [-0.05, 0) is 36.4 Å². The van der Waals surface area contributed by atoms with Crippen molar-refractivity contribution in [1.82, 2.24) is 20.2 Å². The van der Waals surface area contributed by atoms with Gasteiger partial charge in [-0.1, -0.05) is 29.5 Å². The van der Waals surface area contributed by atoms with E-state index in [9.17, 15) is 4.79 Å². The lowest BCUT2D eigenvalue weighted by molar-refractivity contribution is -0.140. The van der Waals surface area contributed by atoms with Crippen LogP contribution < -0.4 is 0 Å². The lowest BCUT2D eigenvalue weighted by atomic mass is 10.2. The first-order chi connectivity index (χ1) is 9.63. The number of tetrazole rings is 1. The summed E-state index contributed by atoms with van der Waals surface area (Å²) in [6, 6.07) is 7.89. The lowest BCUT2D eigenvalue weighted by Gasteiger charge is -2.06. The van der Waals surface area contributed by atoms with Crippen LogP contribution in [0.25, 0.3) is 5.69 Å². The fraction of sp³-hybridized carbons (Fsp3) is 0.385. The third-order valence-electron chi connectivity index (χ3n) is 3.09. The summed E-state index contributed by atoms with van der Waals surface area (Å²) in [6.45, 7) is 3.91. The van der Waals surface area contributed by atoms with Crippen molar-refractivity contribution < 1.29 is 9.53 Å². The van der Waals surface area contributed by atoms with Crippen molar-refractivity contribution in [3.8, 4) is 5.69 Å². The van der Waals surface area contributed by atoms with Crippen LogP contribution >= 0.6 is 11.8 Å². The quantitative estimate of drug-likeness (QED) is 0.802. The van der Waals surface area contributed by atoms with Crippen LogP contribution in [0.1, 0.15) is 18.9 Å². The molecule has 0 bridgehead atoms. The summed E-state index contributed by atoms with van der Waals surface area (Å²) in [5.74, 6) is -0.194. The summed E-state index contributed by atoms with van der Waals surface area (Å²) in [6.07, 6.45) is 0.647. The molecule has 0 N–H and O–H groups in total. The number of ether oxygens (including phenoxy) is 1. The maximum atomic E-state index is 11.7. The minimum absolute atomic E-state index is 0.0382. The van der Waals surface area contributed by atoms with Gasteiger partial charge >= 0.3 is 5.97 Å². The monoisotopic (exact) mass is 290 g/mol. The third-order valence-corrected chi connectivity index (χ3v) is 4.23. The Morgan fingerprint density at radius 2 is 2.10 bits per heavy atom. The van der Waals surface area contributed by atoms with Gasteiger partial charge in [-0.25, -0.2) is 0 Å². The molecule has 20 heavy (non-hydrogen) atoms. The van der Waals surface area contributed by atoms with E-state index in [4.69, 9.17) is 4.74 Å². The highest BCUT2D eigenvalue weighted by Gasteiger charge is 2.34. The molecular formula is C13H14N4O2S. The van der Waals surface area contributed by atoms with E-state index in [0.29, 0.717) is 11.6 Å². The second-order valence-electron chi connectivity index (χ2n) is 4.80. The van der Waals surface area contributed by atoms with Crippen molar-refractivity contribution in [2.45, 2.75) is 36.8 Å². The van der Waals surface area contributed by atoms with Gasteiger partial charge < -0.3 is 4.74 Å². The van der Waals surface area contributed by atoms with Gasteiger partial charge in [0.2, 0.25) is 5.16 Å². The Morgan fingerprint density at radius 3 is 2.75 bits per heavy atom. The summed E-state index contributed by atoms with van der Waals surface area (Å²) in [5, 5.41) is 12.0. The fourth-order valence-corrected chi connectivity index (χ4v) is 3.14. The maximum absolute atomic E-state index is 11.7. The van der Waals surface area contributed by atoms with E-state index in [1.54, 1.807) is 4.68 Å². The smallest absolute Gasteiger partial charge is 0.319 e. The van der Waals surface area contributed by atoms with E-state index in [2.05, 4.69) is 15.5 Å². The Balaban J connectivity index is 1.83. The van der Waals surface area contributed by atoms with Crippen molar-refractivity contribution in [2.24, 2.45) is 0 Å². The van der Waals surface area contributed by atoms with Crippen LogP contribution in [0.15, 0.2) is 29.4 Å². The fourth-order valence-electron chi connectivity index (χ4n) is 2.04. The van der Waals surface area contributed by atoms with Crippen LogP contribution in [-0.4, -0.2) is 37.5 Å². The molecule has 0 amide bonds. The topological polar surface area (TPSA) is 69.9 Å². The Morgan fingerprint density at radius 1 is 1.35 bits per heavy atom. The van der Waals surface area contributed by atoms with Crippen molar-refractivity contribution in [2.75, 3.05) is 0 Å². The van der Waals surface area contributed by atoms with Crippen LogP contribution in [0.5, 0.6) is 0 Å². The van der Waals surface area contributed by atoms with Crippen LogP contribution in [0.4, 0.5) is 0 Å². The Labute approximate surface area is 120 Å². The molecule has 0 aliphatic carbocycles. The van der Waals surface area contributed by atoms with Gasteiger partial charge in [0.1, 0.15) is 11.4 Å². The maximum Gasteiger partial charge on any atom is 0.319 e. The van der Waals surface area contributed by atoms with Crippen LogP contribution in [0.3, 0.4) is 0 Å². The number of aryl methyl sites for hydroxylation is 1. The number of carbonyl (C=O) groups is 1. The summed E-state index contributed by atoms with van der Waals surface area (Å²) in [5.41, 5.74) is 2.05. The number of aromatic nitrogens is 4. The number of hydrogen-bond acceptors (Lipinski definition) is 6. The second kappa shape index (κ2) is 5.24. The summed E-state index contributed by atoms with van der Waals surface area (Å²) < 4.78 is 6.79. The molecule has 104 valence electrons. The third kappa shape index (κ3) is 2.53. The van der Waals surface area contributed by atoms with E-state index in [1.807, 2.05) is 38.1 Å². The molecule has 0 saturated carbocycles. The highest BCUT2D eigenvalue weighted by molar-refractivity contribution is 8.00. The molecule has 0 spiro atoms. The number of benzene rings is 1. The molecule has 2 atom stereocenters. The zero-order valence-electron chi connectivity index (χ0n) is 11.2. The first-order valence-electron chi connectivity index (χ1n) is 6.36. The molecule has 1 fully saturated rings. The number of hydrogen-bond donors (Lipinski definition) is 0. The normalized spacial score (nSPS) is 22.0. The van der Waals surface area contributed by atoms with Crippen molar-refractivity contribution in [3.05, 3.63) is 29.8 Å². The van der Waals surface area contributed by atoms with Crippen LogP contribution in [-0.2, 0) is 9.53 Å². The lowest BCUT2D eigenvalue weighted by Crippen LogP contribution is -2.11. The molecule has 2 aromatic rings. The summed E-state index contributed by atoms with van der Waals surface area (Å²) in [4.78, 5) is 11.7. The molecule has 0 radical (unpaired) electrons.